The second kappa shape index (κ2) is 5.48. The predicted octanol–water partition coefficient (Wildman–Crippen LogP) is 3.31. The maximum atomic E-state index is 11.6. The average Bonchev–Trinajstić information content (AvgIpc) is 2.89. The number of rotatable bonds is 4. The maximum Gasteiger partial charge on any atom is 0.132 e. The number of nitrogens with zero attached hydrogens (tertiary/aromatic N) is 3. The Morgan fingerprint density at radius 1 is 1.05 bits per heavy atom. The minimum atomic E-state index is -0.157. The number of carbonyl (C=O) groups is 1. The molecule has 21 heavy (non-hydrogen) atoms. The predicted molar refractivity (Wildman–Crippen MR) is 82.1 cm³/mol. The third kappa shape index (κ3) is 2.84. The molecule has 0 aliphatic carbocycles. The Balaban J connectivity index is 2.05. The summed E-state index contributed by atoms with van der Waals surface area (Å²) in [5.74, 6) is 0.127. The highest BCUT2D eigenvalue weighted by molar-refractivity contribution is 5.76. The van der Waals surface area contributed by atoms with Gasteiger partial charge < -0.3 is 0 Å². The standard InChI is InChI=1S/C17H17N3O/c1-12-7-9-14(10-8-12)17(11-13(2)21)20-18-15-5-3-4-6-16(15)19-20/h3-10,17H,11H2,1-2H3/t17-/m1/s1. The number of aromatic nitrogens is 3. The molecule has 2 aromatic carbocycles. The van der Waals surface area contributed by atoms with Gasteiger partial charge in [0.1, 0.15) is 22.9 Å². The Morgan fingerprint density at radius 2 is 1.62 bits per heavy atom. The molecule has 3 aromatic rings. The van der Waals surface area contributed by atoms with Crippen LogP contribution in [0.4, 0.5) is 0 Å². The van der Waals surface area contributed by atoms with Crippen molar-refractivity contribution in [3.63, 3.8) is 0 Å². The van der Waals surface area contributed by atoms with Gasteiger partial charge in [0, 0.05) is 6.42 Å². The van der Waals surface area contributed by atoms with Crippen molar-refractivity contribution in [3.05, 3.63) is 59.7 Å². The molecule has 0 amide bonds. The van der Waals surface area contributed by atoms with Gasteiger partial charge in [-0.25, -0.2) is 0 Å². The summed E-state index contributed by atoms with van der Waals surface area (Å²) in [7, 11) is 0. The summed E-state index contributed by atoms with van der Waals surface area (Å²) in [6.45, 7) is 3.65. The van der Waals surface area contributed by atoms with Gasteiger partial charge in [-0.3, -0.25) is 4.79 Å². The number of ketones is 1. The first-order valence-corrected chi connectivity index (χ1v) is 7.01. The lowest BCUT2D eigenvalue weighted by atomic mass is 10.0. The van der Waals surface area contributed by atoms with Crippen molar-refractivity contribution in [1.29, 1.82) is 0 Å². The van der Waals surface area contributed by atoms with Crippen molar-refractivity contribution in [2.24, 2.45) is 0 Å². The summed E-state index contributed by atoms with van der Waals surface area (Å²) in [6, 6.07) is 15.7. The number of aryl methyl sites for hydroxylation is 1. The van der Waals surface area contributed by atoms with Crippen molar-refractivity contribution in [2.45, 2.75) is 26.3 Å². The number of hydrogen-bond donors (Lipinski definition) is 0. The zero-order valence-corrected chi connectivity index (χ0v) is 12.2. The topological polar surface area (TPSA) is 47.8 Å². The minimum Gasteiger partial charge on any atom is -0.300 e. The van der Waals surface area contributed by atoms with E-state index in [0.717, 1.165) is 16.6 Å². The van der Waals surface area contributed by atoms with E-state index in [-0.39, 0.29) is 11.8 Å². The van der Waals surface area contributed by atoms with Crippen LogP contribution in [0, 0.1) is 6.92 Å². The largest absolute Gasteiger partial charge is 0.300 e. The van der Waals surface area contributed by atoms with Gasteiger partial charge in [0.05, 0.1) is 0 Å². The summed E-state index contributed by atoms with van der Waals surface area (Å²) < 4.78 is 0. The fraction of sp³-hybridized carbons (Fsp3) is 0.235. The molecule has 0 bridgehead atoms. The Labute approximate surface area is 123 Å². The number of carbonyl (C=O) groups excluding carboxylic acids is 1. The molecule has 1 atom stereocenters. The molecule has 0 radical (unpaired) electrons. The van der Waals surface area contributed by atoms with Gasteiger partial charge in [-0.2, -0.15) is 15.0 Å². The van der Waals surface area contributed by atoms with E-state index in [1.54, 1.807) is 11.7 Å². The highest BCUT2D eigenvalue weighted by Gasteiger charge is 2.18. The van der Waals surface area contributed by atoms with E-state index in [1.165, 1.54) is 5.56 Å². The van der Waals surface area contributed by atoms with Crippen molar-refractivity contribution < 1.29 is 4.79 Å². The lowest BCUT2D eigenvalue weighted by molar-refractivity contribution is -0.117. The van der Waals surface area contributed by atoms with Crippen molar-refractivity contribution in [2.75, 3.05) is 0 Å². The molecule has 0 fully saturated rings. The molecule has 4 heteroatoms. The molecule has 0 aliphatic heterocycles. The first-order valence-electron chi connectivity index (χ1n) is 7.01. The second-order valence-electron chi connectivity index (χ2n) is 5.34. The Bertz CT molecular complexity index is 741. The van der Waals surface area contributed by atoms with Crippen LogP contribution in [0.5, 0.6) is 0 Å². The van der Waals surface area contributed by atoms with Gasteiger partial charge in [-0.05, 0) is 31.5 Å². The smallest absolute Gasteiger partial charge is 0.132 e. The Kier molecular flexibility index (Phi) is 3.52. The summed E-state index contributed by atoms with van der Waals surface area (Å²) in [6.07, 6.45) is 0.393. The van der Waals surface area contributed by atoms with Crippen molar-refractivity contribution in [1.82, 2.24) is 15.0 Å². The molecule has 0 spiro atoms. The highest BCUT2D eigenvalue weighted by atomic mass is 16.1. The number of benzene rings is 2. The van der Waals surface area contributed by atoms with Crippen LogP contribution < -0.4 is 0 Å². The molecular formula is C17H17N3O. The molecular weight excluding hydrogens is 262 g/mol. The quantitative estimate of drug-likeness (QED) is 0.736. The molecule has 1 aromatic heterocycles. The van der Waals surface area contributed by atoms with E-state index in [4.69, 9.17) is 0 Å². The van der Waals surface area contributed by atoms with Crippen LogP contribution in [0.1, 0.15) is 30.5 Å². The van der Waals surface area contributed by atoms with E-state index in [2.05, 4.69) is 10.2 Å². The highest BCUT2D eigenvalue weighted by Crippen LogP contribution is 2.23. The number of hydrogen-bond acceptors (Lipinski definition) is 3. The van der Waals surface area contributed by atoms with Gasteiger partial charge in [0.25, 0.3) is 0 Å². The lowest BCUT2D eigenvalue weighted by Gasteiger charge is -2.15. The van der Waals surface area contributed by atoms with Crippen LogP contribution in [0.2, 0.25) is 0 Å². The van der Waals surface area contributed by atoms with E-state index in [9.17, 15) is 4.79 Å². The van der Waals surface area contributed by atoms with Crippen LogP contribution in [0.15, 0.2) is 48.5 Å². The first-order chi connectivity index (χ1) is 10.1. The average molecular weight is 279 g/mol. The van der Waals surface area contributed by atoms with E-state index >= 15 is 0 Å². The number of Topliss-reactive ketones (excluding diaryl/α,β-unsaturated/α-hetero) is 1. The molecule has 0 aliphatic rings. The SMILES string of the molecule is CC(=O)C[C@H](c1ccc(C)cc1)n1nc2ccccc2n1. The summed E-state index contributed by atoms with van der Waals surface area (Å²) in [5, 5.41) is 9.04. The zero-order chi connectivity index (χ0) is 14.8. The van der Waals surface area contributed by atoms with Crippen molar-refractivity contribution in [3.8, 4) is 0 Å². The fourth-order valence-corrected chi connectivity index (χ4v) is 2.41. The summed E-state index contributed by atoms with van der Waals surface area (Å²) in [4.78, 5) is 13.3. The van der Waals surface area contributed by atoms with Crippen LogP contribution >= 0.6 is 0 Å². The molecule has 1 heterocycles. The molecule has 3 rings (SSSR count). The van der Waals surface area contributed by atoms with Crippen LogP contribution in [-0.4, -0.2) is 20.8 Å². The van der Waals surface area contributed by atoms with E-state index in [0.29, 0.717) is 6.42 Å². The van der Waals surface area contributed by atoms with Gasteiger partial charge in [-0.1, -0.05) is 42.0 Å². The Morgan fingerprint density at radius 3 is 2.14 bits per heavy atom. The zero-order valence-electron chi connectivity index (χ0n) is 12.2. The molecule has 0 unspecified atom stereocenters. The van der Waals surface area contributed by atoms with Crippen LogP contribution in [-0.2, 0) is 4.79 Å². The summed E-state index contributed by atoms with van der Waals surface area (Å²) in [5.41, 5.74) is 3.94. The molecule has 0 N–H and O–H groups in total. The van der Waals surface area contributed by atoms with E-state index in [1.807, 2.05) is 55.5 Å². The van der Waals surface area contributed by atoms with Gasteiger partial charge in [0.15, 0.2) is 0 Å². The third-order valence-electron chi connectivity index (χ3n) is 3.52. The van der Waals surface area contributed by atoms with Crippen LogP contribution in [0.25, 0.3) is 11.0 Å². The molecule has 4 nitrogen and oxygen atoms in total. The normalized spacial score (nSPS) is 12.5. The first kappa shape index (κ1) is 13.5. The number of fused-ring (bicyclic) bond motifs is 1. The molecule has 0 saturated heterocycles. The van der Waals surface area contributed by atoms with Gasteiger partial charge in [-0.15, -0.1) is 0 Å². The monoisotopic (exact) mass is 279 g/mol. The fourth-order valence-electron chi connectivity index (χ4n) is 2.41. The van der Waals surface area contributed by atoms with E-state index < -0.39 is 0 Å². The van der Waals surface area contributed by atoms with Crippen LogP contribution in [0.3, 0.4) is 0 Å². The molecule has 106 valence electrons. The van der Waals surface area contributed by atoms with Crippen molar-refractivity contribution >= 4 is 16.8 Å². The maximum absolute atomic E-state index is 11.6. The van der Waals surface area contributed by atoms with Gasteiger partial charge >= 0.3 is 0 Å². The lowest BCUT2D eigenvalue weighted by Crippen LogP contribution is -2.16. The van der Waals surface area contributed by atoms with Gasteiger partial charge in [0.2, 0.25) is 0 Å². The minimum absolute atomic E-state index is 0.127. The third-order valence-corrected chi connectivity index (χ3v) is 3.52. The molecule has 0 saturated carbocycles. The summed E-state index contributed by atoms with van der Waals surface area (Å²) >= 11 is 0. The second-order valence-corrected chi connectivity index (χ2v) is 5.34. The Hall–Kier alpha value is -2.49.